The fourth-order valence-corrected chi connectivity index (χ4v) is 1.84. The topological polar surface area (TPSA) is 70.3 Å². The standard InChI is InChI=1S/C13H21N3O2/c1-8(2)12-15-11(14)9(3)13(16-12)18-7-10-4-5-17-6-10/h8,10H,4-7H2,1-3H3,(H2,14,15,16). The van der Waals surface area contributed by atoms with E-state index in [2.05, 4.69) is 9.97 Å². The van der Waals surface area contributed by atoms with E-state index < -0.39 is 0 Å². The van der Waals surface area contributed by atoms with Crippen LogP contribution in [0.2, 0.25) is 0 Å². The number of anilines is 1. The van der Waals surface area contributed by atoms with Gasteiger partial charge in [0.25, 0.3) is 0 Å². The Hall–Kier alpha value is -1.36. The minimum absolute atomic E-state index is 0.241. The van der Waals surface area contributed by atoms with Crippen molar-refractivity contribution in [2.75, 3.05) is 25.6 Å². The molecule has 1 aromatic heterocycles. The van der Waals surface area contributed by atoms with Crippen molar-refractivity contribution in [3.63, 3.8) is 0 Å². The number of rotatable bonds is 4. The summed E-state index contributed by atoms with van der Waals surface area (Å²) in [5.74, 6) is 2.55. The summed E-state index contributed by atoms with van der Waals surface area (Å²) in [5.41, 5.74) is 6.71. The van der Waals surface area contributed by atoms with Crippen molar-refractivity contribution in [2.24, 2.45) is 5.92 Å². The molecule has 1 fully saturated rings. The molecule has 0 saturated carbocycles. The molecule has 2 heterocycles. The van der Waals surface area contributed by atoms with Crippen LogP contribution >= 0.6 is 0 Å². The van der Waals surface area contributed by atoms with Gasteiger partial charge in [0.2, 0.25) is 5.88 Å². The van der Waals surface area contributed by atoms with E-state index in [1.165, 1.54) is 0 Å². The zero-order valence-electron chi connectivity index (χ0n) is 11.3. The van der Waals surface area contributed by atoms with E-state index in [0.717, 1.165) is 31.0 Å². The molecule has 1 saturated heterocycles. The number of nitrogen functional groups attached to an aromatic ring is 1. The fourth-order valence-electron chi connectivity index (χ4n) is 1.84. The highest BCUT2D eigenvalue weighted by Crippen LogP contribution is 2.24. The lowest BCUT2D eigenvalue weighted by Gasteiger charge is -2.14. The number of hydrogen-bond donors (Lipinski definition) is 1. The van der Waals surface area contributed by atoms with Crippen molar-refractivity contribution in [1.82, 2.24) is 9.97 Å². The van der Waals surface area contributed by atoms with Gasteiger partial charge in [-0.3, -0.25) is 0 Å². The molecule has 100 valence electrons. The van der Waals surface area contributed by atoms with Crippen molar-refractivity contribution in [3.8, 4) is 5.88 Å². The Labute approximate surface area is 108 Å². The summed E-state index contributed by atoms with van der Waals surface area (Å²) in [6.07, 6.45) is 1.05. The molecule has 0 amide bonds. The maximum atomic E-state index is 5.89. The number of nitrogens with zero attached hydrogens (tertiary/aromatic N) is 2. The van der Waals surface area contributed by atoms with E-state index >= 15 is 0 Å². The van der Waals surface area contributed by atoms with E-state index in [9.17, 15) is 0 Å². The predicted molar refractivity (Wildman–Crippen MR) is 69.7 cm³/mol. The van der Waals surface area contributed by atoms with Crippen LogP contribution < -0.4 is 10.5 Å². The number of ether oxygens (including phenoxy) is 2. The van der Waals surface area contributed by atoms with Crippen LogP contribution in [0.1, 0.15) is 37.6 Å². The molecule has 0 radical (unpaired) electrons. The van der Waals surface area contributed by atoms with Crippen molar-refractivity contribution >= 4 is 5.82 Å². The van der Waals surface area contributed by atoms with Crippen LogP contribution in [0.15, 0.2) is 0 Å². The average molecular weight is 251 g/mol. The first kappa shape index (κ1) is 13.1. The van der Waals surface area contributed by atoms with E-state index in [4.69, 9.17) is 15.2 Å². The number of aromatic nitrogens is 2. The van der Waals surface area contributed by atoms with Crippen molar-refractivity contribution in [1.29, 1.82) is 0 Å². The molecule has 1 aliphatic rings. The fraction of sp³-hybridized carbons (Fsp3) is 0.692. The summed E-state index contributed by atoms with van der Waals surface area (Å²) in [4.78, 5) is 8.71. The van der Waals surface area contributed by atoms with Crippen LogP contribution in [-0.4, -0.2) is 29.8 Å². The molecule has 0 spiro atoms. The molecule has 0 bridgehead atoms. The molecule has 2 rings (SSSR count). The maximum absolute atomic E-state index is 5.89. The van der Waals surface area contributed by atoms with Gasteiger partial charge in [-0.2, -0.15) is 4.98 Å². The smallest absolute Gasteiger partial charge is 0.221 e. The van der Waals surface area contributed by atoms with E-state index in [1.54, 1.807) is 0 Å². The van der Waals surface area contributed by atoms with Gasteiger partial charge in [-0.15, -0.1) is 0 Å². The molecule has 0 aliphatic carbocycles. The SMILES string of the molecule is Cc1c(N)nc(C(C)C)nc1OCC1CCOC1. The summed E-state index contributed by atoms with van der Waals surface area (Å²) in [6, 6.07) is 0. The second kappa shape index (κ2) is 5.52. The first-order valence-electron chi connectivity index (χ1n) is 6.42. The monoisotopic (exact) mass is 251 g/mol. The lowest BCUT2D eigenvalue weighted by Crippen LogP contribution is -2.15. The molecule has 5 nitrogen and oxygen atoms in total. The van der Waals surface area contributed by atoms with Gasteiger partial charge >= 0.3 is 0 Å². The Bertz CT molecular complexity index is 415. The van der Waals surface area contributed by atoms with Crippen LogP contribution in [0, 0.1) is 12.8 Å². The summed E-state index contributed by atoms with van der Waals surface area (Å²) in [5, 5.41) is 0. The maximum Gasteiger partial charge on any atom is 0.221 e. The van der Waals surface area contributed by atoms with Gasteiger partial charge in [-0.25, -0.2) is 4.98 Å². The molecule has 18 heavy (non-hydrogen) atoms. The van der Waals surface area contributed by atoms with Gasteiger partial charge in [0.15, 0.2) is 0 Å². The lowest BCUT2D eigenvalue weighted by atomic mass is 10.1. The third-order valence-corrected chi connectivity index (χ3v) is 3.15. The normalized spacial score (nSPS) is 19.4. The van der Waals surface area contributed by atoms with E-state index in [0.29, 0.717) is 24.2 Å². The quantitative estimate of drug-likeness (QED) is 0.885. The Morgan fingerprint density at radius 2 is 2.22 bits per heavy atom. The third-order valence-electron chi connectivity index (χ3n) is 3.15. The first-order chi connectivity index (χ1) is 8.58. The zero-order chi connectivity index (χ0) is 13.1. The van der Waals surface area contributed by atoms with Gasteiger partial charge in [0.1, 0.15) is 11.6 Å². The minimum Gasteiger partial charge on any atom is -0.477 e. The van der Waals surface area contributed by atoms with Gasteiger partial charge < -0.3 is 15.2 Å². The highest BCUT2D eigenvalue weighted by molar-refractivity contribution is 5.44. The highest BCUT2D eigenvalue weighted by Gasteiger charge is 2.18. The number of nitrogens with two attached hydrogens (primary N) is 1. The second-order valence-electron chi connectivity index (χ2n) is 5.09. The molecule has 2 N–H and O–H groups in total. The Balaban J connectivity index is 2.10. The summed E-state index contributed by atoms with van der Waals surface area (Å²) >= 11 is 0. The Kier molecular flexibility index (Phi) is 4.01. The van der Waals surface area contributed by atoms with Crippen LogP contribution in [-0.2, 0) is 4.74 Å². The average Bonchev–Trinajstić information content (AvgIpc) is 2.83. The summed E-state index contributed by atoms with van der Waals surface area (Å²) in [7, 11) is 0. The Morgan fingerprint density at radius 3 is 2.83 bits per heavy atom. The zero-order valence-corrected chi connectivity index (χ0v) is 11.3. The molecule has 0 aromatic carbocycles. The van der Waals surface area contributed by atoms with Gasteiger partial charge in [0.05, 0.1) is 18.8 Å². The second-order valence-corrected chi connectivity index (χ2v) is 5.09. The number of hydrogen-bond acceptors (Lipinski definition) is 5. The van der Waals surface area contributed by atoms with Crippen LogP contribution in [0.3, 0.4) is 0 Å². The molecule has 1 aliphatic heterocycles. The molecule has 1 unspecified atom stereocenters. The lowest BCUT2D eigenvalue weighted by molar-refractivity contribution is 0.165. The molecule has 1 atom stereocenters. The first-order valence-corrected chi connectivity index (χ1v) is 6.42. The predicted octanol–water partition coefficient (Wildman–Crippen LogP) is 1.91. The largest absolute Gasteiger partial charge is 0.477 e. The van der Waals surface area contributed by atoms with Gasteiger partial charge in [0, 0.05) is 18.4 Å². The van der Waals surface area contributed by atoms with Crippen LogP contribution in [0.25, 0.3) is 0 Å². The van der Waals surface area contributed by atoms with Gasteiger partial charge in [-0.1, -0.05) is 13.8 Å². The summed E-state index contributed by atoms with van der Waals surface area (Å²) in [6.45, 7) is 8.21. The molecular formula is C13H21N3O2. The van der Waals surface area contributed by atoms with Gasteiger partial charge in [-0.05, 0) is 13.3 Å². The Morgan fingerprint density at radius 1 is 1.44 bits per heavy atom. The molecule has 5 heteroatoms. The molecule has 1 aromatic rings. The van der Waals surface area contributed by atoms with Crippen molar-refractivity contribution in [2.45, 2.75) is 33.1 Å². The molecular weight excluding hydrogens is 230 g/mol. The third kappa shape index (κ3) is 2.90. The highest BCUT2D eigenvalue weighted by atomic mass is 16.5. The van der Waals surface area contributed by atoms with Crippen LogP contribution in [0.5, 0.6) is 5.88 Å². The van der Waals surface area contributed by atoms with E-state index in [-0.39, 0.29) is 5.92 Å². The van der Waals surface area contributed by atoms with E-state index in [1.807, 2.05) is 20.8 Å². The van der Waals surface area contributed by atoms with Crippen molar-refractivity contribution in [3.05, 3.63) is 11.4 Å². The summed E-state index contributed by atoms with van der Waals surface area (Å²) < 4.78 is 11.1. The van der Waals surface area contributed by atoms with Crippen molar-refractivity contribution < 1.29 is 9.47 Å². The minimum atomic E-state index is 0.241. The van der Waals surface area contributed by atoms with Crippen LogP contribution in [0.4, 0.5) is 5.82 Å².